The summed E-state index contributed by atoms with van der Waals surface area (Å²) in [5, 5.41) is 55.5. The number of rotatable bonds is 3. The topological polar surface area (TPSA) is 174 Å². The van der Waals surface area contributed by atoms with Gasteiger partial charge in [0.05, 0.1) is 36.4 Å². The first kappa shape index (κ1) is 21.1. The normalized spacial score (nSPS) is 31.3. The van der Waals surface area contributed by atoms with E-state index in [4.69, 9.17) is 15.6 Å². The molecule has 1 aromatic rings. The van der Waals surface area contributed by atoms with E-state index in [2.05, 4.69) is 16.0 Å². The fraction of sp³-hybridized carbons (Fsp3) is 0.471. The Labute approximate surface area is 172 Å². The molecule has 0 amide bonds. The Hall–Kier alpha value is -3.10. The predicted molar refractivity (Wildman–Crippen MR) is 96.8 cm³/mol. The maximum absolute atomic E-state index is 12.9. The Bertz CT molecular complexity index is 956. The fourth-order valence-corrected chi connectivity index (χ4v) is 4.29. The number of carbonyl (C=O) groups is 1. The molecule has 31 heavy (non-hydrogen) atoms. The molecular weight excluding hydrogens is 425 g/mol. The van der Waals surface area contributed by atoms with Gasteiger partial charge >= 0.3 is 12.1 Å². The number of benzene rings is 1. The molecule has 3 fully saturated rings. The quantitative estimate of drug-likeness (QED) is 0.200. The predicted octanol–water partition coefficient (Wildman–Crippen LogP) is -1.68. The SMILES string of the molecule is N=C1NC2[C@H](CO)NC(=N)N3C[C@H](OC(=O)c4cccc(C(F)(F)F)c4)C(O)(O)[C@]23N1. The maximum atomic E-state index is 12.9. The highest BCUT2D eigenvalue weighted by Crippen LogP contribution is 2.44. The third-order valence-corrected chi connectivity index (χ3v) is 5.72. The second-order valence-electron chi connectivity index (χ2n) is 7.48. The summed E-state index contributed by atoms with van der Waals surface area (Å²) in [7, 11) is 0. The molecule has 0 aliphatic carbocycles. The minimum absolute atomic E-state index is 0.317. The maximum Gasteiger partial charge on any atom is 0.416 e. The Morgan fingerprint density at radius 1 is 1.29 bits per heavy atom. The van der Waals surface area contributed by atoms with Crippen LogP contribution in [0.1, 0.15) is 15.9 Å². The highest BCUT2D eigenvalue weighted by Gasteiger charge is 2.75. The van der Waals surface area contributed by atoms with Crippen LogP contribution >= 0.6 is 0 Å². The van der Waals surface area contributed by atoms with Gasteiger partial charge in [-0.2, -0.15) is 13.2 Å². The van der Waals surface area contributed by atoms with E-state index in [0.717, 1.165) is 23.1 Å². The summed E-state index contributed by atoms with van der Waals surface area (Å²) in [5.74, 6) is -4.76. The summed E-state index contributed by atoms with van der Waals surface area (Å²) in [6.07, 6.45) is -6.38. The molecule has 3 heterocycles. The first-order chi connectivity index (χ1) is 14.4. The lowest BCUT2D eigenvalue weighted by atomic mass is 9.85. The zero-order valence-electron chi connectivity index (χ0n) is 15.7. The van der Waals surface area contributed by atoms with E-state index in [1.54, 1.807) is 0 Å². The lowest BCUT2D eigenvalue weighted by Crippen LogP contribution is -2.80. The summed E-state index contributed by atoms with van der Waals surface area (Å²) >= 11 is 0. The number of aliphatic hydroxyl groups excluding tert-OH is 1. The Morgan fingerprint density at radius 2 is 2.00 bits per heavy atom. The van der Waals surface area contributed by atoms with Crippen LogP contribution in [0.3, 0.4) is 0 Å². The van der Waals surface area contributed by atoms with Crippen molar-refractivity contribution in [2.24, 2.45) is 0 Å². The van der Waals surface area contributed by atoms with Gasteiger partial charge in [-0.3, -0.25) is 10.8 Å². The first-order valence-corrected chi connectivity index (χ1v) is 9.11. The minimum Gasteiger partial charge on any atom is -0.451 e. The number of guanidine groups is 2. The summed E-state index contributed by atoms with van der Waals surface area (Å²) in [6.45, 7) is -0.935. The zero-order valence-corrected chi connectivity index (χ0v) is 15.7. The number of esters is 1. The molecule has 1 spiro atoms. The summed E-state index contributed by atoms with van der Waals surface area (Å²) in [6, 6.07) is 1.56. The fourth-order valence-electron chi connectivity index (χ4n) is 4.29. The van der Waals surface area contributed by atoms with Crippen molar-refractivity contribution in [3.05, 3.63) is 35.4 Å². The summed E-state index contributed by atoms with van der Waals surface area (Å²) in [5.41, 5.74) is -3.47. The number of hydrogen-bond acceptors (Lipinski definition) is 7. The molecule has 3 aliphatic heterocycles. The van der Waals surface area contributed by atoms with Gasteiger partial charge in [-0.15, -0.1) is 0 Å². The monoisotopic (exact) mass is 444 g/mol. The van der Waals surface area contributed by atoms with Gasteiger partial charge in [-0.05, 0) is 18.2 Å². The minimum atomic E-state index is -4.69. The lowest BCUT2D eigenvalue weighted by molar-refractivity contribution is -0.258. The summed E-state index contributed by atoms with van der Waals surface area (Å²) < 4.78 is 43.9. The summed E-state index contributed by atoms with van der Waals surface area (Å²) in [4.78, 5) is 13.6. The standard InChI is InChI=1S/C17H19F3N6O5/c18-17(19,20)8-3-1-2-7(4-8)12(28)31-10-5-26-14(22)23-9(6-27)11-15(26,16(10,29)30)25-13(21)24-11/h1-4,9-11,27,29-30H,5-6H2,(H2,22,23)(H3,21,24,25)/t9-,10-,11?,15-/m0/s1. The third-order valence-electron chi connectivity index (χ3n) is 5.72. The number of carbonyl (C=O) groups excluding carboxylic acids is 1. The van der Waals surface area contributed by atoms with Gasteiger partial charge in [0, 0.05) is 0 Å². The molecule has 14 heteroatoms. The van der Waals surface area contributed by atoms with Gasteiger partial charge in [-0.25, -0.2) is 4.79 Å². The smallest absolute Gasteiger partial charge is 0.416 e. The van der Waals surface area contributed by atoms with Gasteiger partial charge in [0.1, 0.15) is 0 Å². The first-order valence-electron chi connectivity index (χ1n) is 9.11. The second-order valence-corrected chi connectivity index (χ2v) is 7.48. The number of nitrogens with one attached hydrogen (secondary N) is 5. The molecule has 8 N–H and O–H groups in total. The van der Waals surface area contributed by atoms with Crippen LogP contribution < -0.4 is 16.0 Å². The average Bonchev–Trinajstić information content (AvgIpc) is 3.16. The van der Waals surface area contributed by atoms with E-state index < -0.39 is 66.1 Å². The van der Waals surface area contributed by atoms with Crippen LogP contribution in [-0.4, -0.2) is 80.9 Å². The second kappa shape index (κ2) is 6.70. The van der Waals surface area contributed by atoms with Crippen molar-refractivity contribution in [1.82, 2.24) is 20.9 Å². The van der Waals surface area contributed by atoms with Crippen molar-refractivity contribution in [1.29, 1.82) is 10.8 Å². The van der Waals surface area contributed by atoms with Crippen LogP contribution in [0.5, 0.6) is 0 Å². The van der Waals surface area contributed by atoms with Gasteiger partial charge in [0.2, 0.25) is 5.79 Å². The molecule has 11 nitrogen and oxygen atoms in total. The number of ether oxygens (including phenoxy) is 1. The molecule has 0 bridgehead atoms. The number of alkyl halides is 3. The molecule has 0 aromatic heterocycles. The zero-order chi connectivity index (χ0) is 22.8. The highest BCUT2D eigenvalue weighted by molar-refractivity contribution is 5.90. The van der Waals surface area contributed by atoms with Crippen LogP contribution in [0.15, 0.2) is 24.3 Å². The van der Waals surface area contributed by atoms with E-state index in [1.807, 2.05) is 0 Å². The molecule has 1 unspecified atom stereocenters. The third kappa shape index (κ3) is 2.97. The number of nitrogens with zero attached hydrogens (tertiary/aromatic N) is 1. The van der Waals surface area contributed by atoms with Crippen molar-refractivity contribution in [3.8, 4) is 0 Å². The van der Waals surface area contributed by atoms with Gasteiger partial charge in [0.15, 0.2) is 23.7 Å². The molecule has 3 aliphatic rings. The molecule has 4 atom stereocenters. The van der Waals surface area contributed by atoms with Crippen molar-refractivity contribution < 1.29 is 38.0 Å². The van der Waals surface area contributed by atoms with E-state index in [0.29, 0.717) is 6.07 Å². The van der Waals surface area contributed by atoms with E-state index in [9.17, 15) is 33.3 Å². The lowest BCUT2D eigenvalue weighted by Gasteiger charge is -2.50. The Kier molecular flexibility index (Phi) is 4.57. The largest absolute Gasteiger partial charge is 0.451 e. The van der Waals surface area contributed by atoms with Crippen molar-refractivity contribution in [3.63, 3.8) is 0 Å². The molecule has 4 rings (SSSR count). The molecule has 3 saturated heterocycles. The van der Waals surface area contributed by atoms with Crippen molar-refractivity contribution >= 4 is 17.9 Å². The number of aliphatic hydroxyl groups is 3. The van der Waals surface area contributed by atoms with Crippen LogP contribution in [0, 0.1) is 10.8 Å². The molecule has 0 saturated carbocycles. The van der Waals surface area contributed by atoms with Gasteiger partial charge in [0.25, 0.3) is 0 Å². The van der Waals surface area contributed by atoms with Crippen LogP contribution in [0.25, 0.3) is 0 Å². The molecule has 0 radical (unpaired) electrons. The highest BCUT2D eigenvalue weighted by atomic mass is 19.4. The molecule has 1 aromatic carbocycles. The van der Waals surface area contributed by atoms with Crippen molar-refractivity contribution in [2.45, 2.75) is 35.8 Å². The van der Waals surface area contributed by atoms with Crippen LogP contribution in [0.4, 0.5) is 13.2 Å². The van der Waals surface area contributed by atoms with E-state index >= 15 is 0 Å². The van der Waals surface area contributed by atoms with Gasteiger partial charge < -0.3 is 40.9 Å². The molecule has 168 valence electrons. The number of hydrogen-bond donors (Lipinski definition) is 8. The number of halogens is 3. The molecular formula is C17H19F3N6O5. The Balaban J connectivity index is 1.65. The van der Waals surface area contributed by atoms with Crippen molar-refractivity contribution in [2.75, 3.05) is 13.2 Å². The van der Waals surface area contributed by atoms with Crippen LogP contribution in [-0.2, 0) is 10.9 Å². The van der Waals surface area contributed by atoms with Crippen LogP contribution in [0.2, 0.25) is 0 Å². The average molecular weight is 444 g/mol. The Morgan fingerprint density at radius 3 is 2.65 bits per heavy atom. The van der Waals surface area contributed by atoms with E-state index in [1.165, 1.54) is 0 Å². The van der Waals surface area contributed by atoms with E-state index in [-0.39, 0.29) is 11.9 Å². The van der Waals surface area contributed by atoms with Gasteiger partial charge in [-0.1, -0.05) is 6.07 Å².